The van der Waals surface area contributed by atoms with Crippen LogP contribution in [0, 0.1) is 11.8 Å². The third-order valence-electron chi connectivity index (χ3n) is 5.40. The van der Waals surface area contributed by atoms with E-state index in [1.54, 1.807) is 19.1 Å². The van der Waals surface area contributed by atoms with E-state index in [2.05, 4.69) is 10.6 Å². The first-order valence-corrected chi connectivity index (χ1v) is 10.7. The summed E-state index contributed by atoms with van der Waals surface area (Å²) in [6.45, 7) is 4.90. The highest BCUT2D eigenvalue weighted by Crippen LogP contribution is 2.19. The average Bonchev–Trinajstić information content (AvgIpc) is 2.76. The van der Waals surface area contributed by atoms with Gasteiger partial charge in [-0.2, -0.15) is 0 Å². The monoisotopic (exact) mass is 417 g/mol. The number of nitrogens with one attached hydrogen (secondary N) is 2. The number of hydrogen-bond acceptors (Lipinski definition) is 4. The van der Waals surface area contributed by atoms with E-state index in [9.17, 15) is 14.4 Å². The quantitative estimate of drug-likeness (QED) is 0.714. The van der Waals surface area contributed by atoms with Gasteiger partial charge in [0.05, 0.1) is 7.11 Å². The molecule has 7 heteroatoms. The van der Waals surface area contributed by atoms with E-state index >= 15 is 0 Å². The van der Waals surface area contributed by atoms with Crippen molar-refractivity contribution in [3.8, 4) is 5.75 Å². The molecule has 1 aromatic carbocycles. The SMILES string of the molecule is COc1ccc(CNC(=O)C2CCCC(NC(=O)CC(C)C)CN(C)C(=O)C2)cc1. The zero-order valence-electron chi connectivity index (χ0n) is 18.6. The number of nitrogens with zero attached hydrogens (tertiary/aromatic N) is 1. The highest BCUT2D eigenvalue weighted by molar-refractivity contribution is 5.85. The van der Waals surface area contributed by atoms with E-state index in [4.69, 9.17) is 4.74 Å². The molecule has 2 rings (SSSR count). The van der Waals surface area contributed by atoms with Gasteiger partial charge in [0.15, 0.2) is 0 Å². The molecule has 2 atom stereocenters. The Hall–Kier alpha value is -2.57. The lowest BCUT2D eigenvalue weighted by atomic mass is 9.96. The van der Waals surface area contributed by atoms with E-state index in [-0.39, 0.29) is 36.1 Å². The molecule has 0 spiro atoms. The van der Waals surface area contributed by atoms with Gasteiger partial charge in [-0.3, -0.25) is 14.4 Å². The predicted molar refractivity (Wildman–Crippen MR) is 116 cm³/mol. The van der Waals surface area contributed by atoms with Gasteiger partial charge < -0.3 is 20.3 Å². The first-order chi connectivity index (χ1) is 14.3. The van der Waals surface area contributed by atoms with Crippen LogP contribution in [0.2, 0.25) is 0 Å². The van der Waals surface area contributed by atoms with Crippen molar-refractivity contribution >= 4 is 17.7 Å². The topological polar surface area (TPSA) is 87.7 Å². The normalized spacial score (nSPS) is 20.2. The van der Waals surface area contributed by atoms with Crippen LogP contribution in [0.1, 0.15) is 51.5 Å². The fourth-order valence-electron chi connectivity index (χ4n) is 3.68. The Morgan fingerprint density at radius 2 is 1.90 bits per heavy atom. The van der Waals surface area contributed by atoms with Crippen molar-refractivity contribution < 1.29 is 19.1 Å². The number of likely N-dealkylation sites (N-methyl/N-ethyl adjacent to an activating group) is 1. The Kier molecular flexibility index (Phi) is 9.15. The second-order valence-electron chi connectivity index (χ2n) is 8.53. The molecule has 2 N–H and O–H groups in total. The van der Waals surface area contributed by atoms with E-state index in [1.165, 1.54) is 0 Å². The van der Waals surface area contributed by atoms with E-state index in [1.807, 2.05) is 38.1 Å². The number of rotatable bonds is 7. The van der Waals surface area contributed by atoms with Crippen molar-refractivity contribution in [2.45, 2.75) is 58.5 Å². The molecule has 0 radical (unpaired) electrons. The van der Waals surface area contributed by atoms with Crippen molar-refractivity contribution in [1.29, 1.82) is 0 Å². The number of methoxy groups -OCH3 is 1. The largest absolute Gasteiger partial charge is 0.497 e. The summed E-state index contributed by atoms with van der Waals surface area (Å²) in [4.78, 5) is 39.1. The Bertz CT molecular complexity index is 718. The molecule has 0 saturated carbocycles. The van der Waals surface area contributed by atoms with Crippen LogP contribution < -0.4 is 15.4 Å². The summed E-state index contributed by atoms with van der Waals surface area (Å²) in [7, 11) is 3.35. The minimum absolute atomic E-state index is 0.0175. The van der Waals surface area contributed by atoms with Gasteiger partial charge >= 0.3 is 0 Å². The number of ether oxygens (including phenoxy) is 1. The Morgan fingerprint density at radius 3 is 2.53 bits per heavy atom. The highest BCUT2D eigenvalue weighted by Gasteiger charge is 2.27. The molecular weight excluding hydrogens is 382 g/mol. The van der Waals surface area contributed by atoms with Gasteiger partial charge in [-0.1, -0.05) is 32.4 Å². The fourth-order valence-corrected chi connectivity index (χ4v) is 3.68. The molecular formula is C23H35N3O4. The molecule has 1 fully saturated rings. The molecule has 0 bridgehead atoms. The van der Waals surface area contributed by atoms with E-state index in [0.717, 1.165) is 24.2 Å². The van der Waals surface area contributed by atoms with Crippen LogP contribution in [0.5, 0.6) is 5.75 Å². The molecule has 2 unspecified atom stereocenters. The highest BCUT2D eigenvalue weighted by atomic mass is 16.5. The average molecular weight is 418 g/mol. The molecule has 1 saturated heterocycles. The third kappa shape index (κ3) is 7.69. The lowest BCUT2D eigenvalue weighted by Crippen LogP contribution is -2.44. The summed E-state index contributed by atoms with van der Waals surface area (Å²) >= 11 is 0. The first kappa shape index (κ1) is 23.7. The fraction of sp³-hybridized carbons (Fsp3) is 0.609. The summed E-state index contributed by atoms with van der Waals surface area (Å²) in [6.07, 6.45) is 2.84. The minimum Gasteiger partial charge on any atom is -0.497 e. The second-order valence-corrected chi connectivity index (χ2v) is 8.53. The molecule has 1 heterocycles. The van der Waals surface area contributed by atoms with Crippen molar-refractivity contribution in [2.24, 2.45) is 11.8 Å². The van der Waals surface area contributed by atoms with Gasteiger partial charge in [0.25, 0.3) is 0 Å². The van der Waals surface area contributed by atoms with Gasteiger partial charge in [0.1, 0.15) is 5.75 Å². The number of carbonyl (C=O) groups excluding carboxylic acids is 3. The van der Waals surface area contributed by atoms with Crippen LogP contribution in [-0.4, -0.2) is 49.4 Å². The Morgan fingerprint density at radius 1 is 1.20 bits per heavy atom. The number of hydrogen-bond donors (Lipinski definition) is 2. The number of benzene rings is 1. The van der Waals surface area contributed by atoms with Crippen LogP contribution in [0.3, 0.4) is 0 Å². The molecule has 30 heavy (non-hydrogen) atoms. The smallest absolute Gasteiger partial charge is 0.223 e. The van der Waals surface area contributed by atoms with E-state index < -0.39 is 0 Å². The standard InChI is InChI=1S/C23H35N3O4/c1-16(2)12-21(27)25-19-7-5-6-18(13-22(28)26(3)15-19)23(29)24-14-17-8-10-20(30-4)11-9-17/h8-11,16,18-19H,5-7,12-15H2,1-4H3,(H,24,29)(H,25,27). The second kappa shape index (κ2) is 11.6. The van der Waals surface area contributed by atoms with Crippen molar-refractivity contribution in [2.75, 3.05) is 20.7 Å². The number of amides is 3. The van der Waals surface area contributed by atoms with Crippen molar-refractivity contribution in [3.05, 3.63) is 29.8 Å². The summed E-state index contributed by atoms with van der Waals surface area (Å²) < 4.78 is 5.15. The molecule has 3 amide bonds. The lowest BCUT2D eigenvalue weighted by Gasteiger charge is -2.24. The molecule has 0 aromatic heterocycles. The van der Waals surface area contributed by atoms with Gasteiger partial charge in [-0.25, -0.2) is 0 Å². The van der Waals surface area contributed by atoms with Gasteiger partial charge in [0, 0.05) is 44.9 Å². The first-order valence-electron chi connectivity index (χ1n) is 10.7. The lowest BCUT2D eigenvalue weighted by molar-refractivity contribution is -0.135. The van der Waals surface area contributed by atoms with Gasteiger partial charge in [-0.15, -0.1) is 0 Å². The molecule has 1 aliphatic rings. The third-order valence-corrected chi connectivity index (χ3v) is 5.40. The number of carbonyl (C=O) groups is 3. The molecule has 166 valence electrons. The summed E-state index contributed by atoms with van der Waals surface area (Å²) in [5, 5.41) is 6.01. The maximum atomic E-state index is 12.7. The van der Waals surface area contributed by atoms with Crippen LogP contribution in [-0.2, 0) is 20.9 Å². The molecule has 1 aromatic rings. The maximum Gasteiger partial charge on any atom is 0.223 e. The van der Waals surface area contributed by atoms with Crippen LogP contribution in [0.4, 0.5) is 0 Å². The molecule has 7 nitrogen and oxygen atoms in total. The Balaban J connectivity index is 1.92. The van der Waals surface area contributed by atoms with Crippen molar-refractivity contribution in [1.82, 2.24) is 15.5 Å². The summed E-state index contributed by atoms with van der Waals surface area (Å²) in [5.41, 5.74) is 0.976. The van der Waals surface area contributed by atoms with Gasteiger partial charge in [0.2, 0.25) is 17.7 Å². The van der Waals surface area contributed by atoms with Crippen LogP contribution in [0.15, 0.2) is 24.3 Å². The van der Waals surface area contributed by atoms with Crippen molar-refractivity contribution in [3.63, 3.8) is 0 Å². The zero-order chi connectivity index (χ0) is 22.1. The maximum absolute atomic E-state index is 12.7. The minimum atomic E-state index is -0.358. The summed E-state index contributed by atoms with van der Waals surface area (Å²) in [6, 6.07) is 7.45. The predicted octanol–water partition coefficient (Wildman–Crippen LogP) is 2.49. The molecule has 1 aliphatic heterocycles. The molecule has 0 aliphatic carbocycles. The zero-order valence-corrected chi connectivity index (χ0v) is 18.6. The van der Waals surface area contributed by atoms with Gasteiger partial charge in [-0.05, 0) is 36.5 Å². The Labute approximate surface area is 179 Å². The van der Waals surface area contributed by atoms with Crippen LogP contribution >= 0.6 is 0 Å². The van der Waals surface area contributed by atoms with Crippen LogP contribution in [0.25, 0.3) is 0 Å². The summed E-state index contributed by atoms with van der Waals surface area (Å²) in [5.74, 6) is 0.552. The van der Waals surface area contributed by atoms with E-state index in [0.29, 0.717) is 31.8 Å².